The van der Waals surface area contributed by atoms with E-state index in [0.29, 0.717) is 13.0 Å². The van der Waals surface area contributed by atoms with E-state index in [1.54, 1.807) is 4.90 Å². The minimum absolute atomic E-state index is 0.108. The van der Waals surface area contributed by atoms with Crippen LogP contribution in [0.15, 0.2) is 0 Å². The average Bonchev–Trinajstić information content (AvgIpc) is 1.94. The molecule has 0 radical (unpaired) electrons. The topological polar surface area (TPSA) is 49.9 Å². The highest BCUT2D eigenvalue weighted by Gasteiger charge is 2.31. The molecule has 0 aromatic rings. The first-order chi connectivity index (χ1) is 5.77. The van der Waals surface area contributed by atoms with E-state index in [1.165, 1.54) is 0 Å². The number of rotatable bonds is 1. The van der Waals surface area contributed by atoms with Crippen LogP contribution < -0.4 is 0 Å². The number of hydroxylamine groups is 2. The molecular formula is C7H10N2O3. The molecule has 0 aromatic carbocycles. The molecule has 0 unspecified atom stereocenters. The van der Waals surface area contributed by atoms with Gasteiger partial charge in [0.2, 0.25) is 0 Å². The van der Waals surface area contributed by atoms with Gasteiger partial charge >= 0.3 is 6.09 Å². The fourth-order valence-corrected chi connectivity index (χ4v) is 1.04. The van der Waals surface area contributed by atoms with Gasteiger partial charge in [-0.3, -0.25) is 4.79 Å². The summed E-state index contributed by atoms with van der Waals surface area (Å²) in [5, 5.41) is 1.11. The van der Waals surface area contributed by atoms with Crippen molar-refractivity contribution in [2.45, 2.75) is 12.8 Å². The predicted molar refractivity (Wildman–Crippen MR) is 39.0 cm³/mol. The van der Waals surface area contributed by atoms with Gasteiger partial charge in [0.1, 0.15) is 0 Å². The molecule has 0 spiro atoms. The lowest BCUT2D eigenvalue weighted by atomic mass is 10.2. The Bertz CT molecular complexity index is 225. The summed E-state index contributed by atoms with van der Waals surface area (Å²) in [6.45, 7) is 2.04. The zero-order valence-corrected chi connectivity index (χ0v) is 6.65. The number of hydrogen-bond donors (Lipinski definition) is 0. The lowest BCUT2D eigenvalue weighted by Gasteiger charge is -2.34. The molecular weight excluding hydrogens is 160 g/mol. The van der Waals surface area contributed by atoms with E-state index in [2.05, 4.69) is 0 Å². The highest BCUT2D eigenvalue weighted by Crippen LogP contribution is 2.13. The van der Waals surface area contributed by atoms with Gasteiger partial charge in [-0.15, -0.1) is 0 Å². The highest BCUT2D eigenvalue weighted by atomic mass is 16.7. The Morgan fingerprint density at radius 2 is 2.08 bits per heavy atom. The Balaban J connectivity index is 1.78. The first-order valence-corrected chi connectivity index (χ1v) is 4.04. The van der Waals surface area contributed by atoms with E-state index in [4.69, 9.17) is 4.84 Å². The maximum atomic E-state index is 11.1. The van der Waals surface area contributed by atoms with Gasteiger partial charge < -0.3 is 9.74 Å². The van der Waals surface area contributed by atoms with Crippen molar-refractivity contribution in [1.82, 2.24) is 9.96 Å². The van der Waals surface area contributed by atoms with Gasteiger partial charge in [0, 0.05) is 13.1 Å². The zero-order valence-electron chi connectivity index (χ0n) is 6.65. The highest BCUT2D eigenvalue weighted by molar-refractivity contribution is 5.82. The van der Waals surface area contributed by atoms with E-state index in [-0.39, 0.29) is 5.91 Å². The van der Waals surface area contributed by atoms with Crippen LogP contribution in [0.2, 0.25) is 0 Å². The van der Waals surface area contributed by atoms with E-state index in [1.807, 2.05) is 0 Å². The molecule has 2 amide bonds. The molecule has 0 atom stereocenters. The lowest BCUT2D eigenvalue weighted by molar-refractivity contribution is -0.188. The molecule has 2 fully saturated rings. The number of nitrogens with zero attached hydrogens (tertiary/aromatic N) is 2. The van der Waals surface area contributed by atoms with Crippen LogP contribution in [0.5, 0.6) is 0 Å². The summed E-state index contributed by atoms with van der Waals surface area (Å²) >= 11 is 0. The van der Waals surface area contributed by atoms with Crippen LogP contribution in [-0.2, 0) is 9.63 Å². The molecule has 0 aromatic heterocycles. The number of amides is 2. The minimum atomic E-state index is -0.394. The van der Waals surface area contributed by atoms with Crippen molar-refractivity contribution >= 4 is 12.0 Å². The Labute approximate surface area is 69.8 Å². The average molecular weight is 170 g/mol. The van der Waals surface area contributed by atoms with Gasteiger partial charge in [-0.25, -0.2) is 4.79 Å². The Morgan fingerprint density at radius 3 is 2.42 bits per heavy atom. The maximum absolute atomic E-state index is 11.1. The van der Waals surface area contributed by atoms with E-state index >= 15 is 0 Å². The van der Waals surface area contributed by atoms with Crippen LogP contribution in [0.3, 0.4) is 0 Å². The maximum Gasteiger partial charge on any atom is 0.434 e. The summed E-state index contributed by atoms with van der Waals surface area (Å²) in [4.78, 5) is 28.2. The van der Waals surface area contributed by atoms with Gasteiger partial charge in [0.25, 0.3) is 5.91 Å². The second-order valence-electron chi connectivity index (χ2n) is 2.94. The Kier molecular flexibility index (Phi) is 1.64. The van der Waals surface area contributed by atoms with Crippen LogP contribution in [0.1, 0.15) is 12.8 Å². The first-order valence-electron chi connectivity index (χ1n) is 4.04. The smallest absolute Gasteiger partial charge is 0.319 e. The molecule has 5 heteroatoms. The van der Waals surface area contributed by atoms with Crippen LogP contribution in [0, 0.1) is 0 Å². The summed E-state index contributed by atoms with van der Waals surface area (Å²) < 4.78 is 0. The van der Waals surface area contributed by atoms with Gasteiger partial charge in [-0.2, -0.15) is 5.06 Å². The van der Waals surface area contributed by atoms with Crippen LogP contribution in [0.4, 0.5) is 4.79 Å². The molecule has 2 heterocycles. The number of carbonyl (C=O) groups is 2. The fourth-order valence-electron chi connectivity index (χ4n) is 1.04. The van der Waals surface area contributed by atoms with Gasteiger partial charge in [-0.1, -0.05) is 0 Å². The molecule has 0 aliphatic carbocycles. The third-order valence-electron chi connectivity index (χ3n) is 2.11. The first kappa shape index (κ1) is 7.39. The second kappa shape index (κ2) is 2.66. The molecule has 2 saturated heterocycles. The SMILES string of the molecule is O=C(ON1CCC1=O)N1CCC1. The molecule has 2 aliphatic rings. The fraction of sp³-hybridized carbons (Fsp3) is 0.714. The van der Waals surface area contributed by atoms with Gasteiger partial charge in [0.05, 0.1) is 13.0 Å². The van der Waals surface area contributed by atoms with Crippen molar-refractivity contribution in [3.63, 3.8) is 0 Å². The number of hydrogen-bond acceptors (Lipinski definition) is 3. The van der Waals surface area contributed by atoms with Crippen molar-refractivity contribution in [2.24, 2.45) is 0 Å². The Morgan fingerprint density at radius 1 is 1.33 bits per heavy atom. The third-order valence-corrected chi connectivity index (χ3v) is 2.11. The van der Waals surface area contributed by atoms with Gasteiger partial charge in [0.15, 0.2) is 0 Å². The molecule has 0 saturated carbocycles. The summed E-state index contributed by atoms with van der Waals surface area (Å²) in [6.07, 6.45) is 1.13. The number of likely N-dealkylation sites (tertiary alicyclic amines) is 1. The van der Waals surface area contributed by atoms with E-state index in [9.17, 15) is 9.59 Å². The zero-order chi connectivity index (χ0) is 8.55. The quantitative estimate of drug-likeness (QED) is 0.519. The van der Waals surface area contributed by atoms with E-state index < -0.39 is 6.09 Å². The van der Waals surface area contributed by atoms with Gasteiger partial charge in [-0.05, 0) is 6.42 Å². The molecule has 0 N–H and O–H groups in total. The van der Waals surface area contributed by atoms with Crippen molar-refractivity contribution in [2.75, 3.05) is 19.6 Å². The van der Waals surface area contributed by atoms with Crippen molar-refractivity contribution in [1.29, 1.82) is 0 Å². The lowest BCUT2D eigenvalue weighted by Crippen LogP contribution is -2.50. The minimum Gasteiger partial charge on any atom is -0.319 e. The second-order valence-corrected chi connectivity index (χ2v) is 2.94. The molecule has 12 heavy (non-hydrogen) atoms. The number of β-lactam (4-membered cyclic amide) rings is 1. The molecule has 2 rings (SSSR count). The normalized spacial score (nSPS) is 21.5. The van der Waals surface area contributed by atoms with Crippen LogP contribution >= 0.6 is 0 Å². The molecule has 5 nitrogen and oxygen atoms in total. The molecule has 0 bridgehead atoms. The van der Waals surface area contributed by atoms with Crippen LogP contribution in [-0.4, -0.2) is 41.6 Å². The van der Waals surface area contributed by atoms with Crippen molar-refractivity contribution in [3.8, 4) is 0 Å². The Hall–Kier alpha value is -1.26. The largest absolute Gasteiger partial charge is 0.434 e. The summed E-state index contributed by atoms with van der Waals surface area (Å²) in [5.74, 6) is -0.108. The van der Waals surface area contributed by atoms with E-state index in [0.717, 1.165) is 24.6 Å². The summed E-state index contributed by atoms with van der Waals surface area (Å²) in [6, 6.07) is 0. The van der Waals surface area contributed by atoms with Crippen molar-refractivity contribution < 1.29 is 14.4 Å². The molecule has 66 valence electrons. The summed E-state index contributed by atoms with van der Waals surface area (Å²) in [5.41, 5.74) is 0. The standard InChI is InChI=1S/C7H10N2O3/c10-6-2-5-9(6)12-7(11)8-3-1-4-8/h1-5H2. The van der Waals surface area contributed by atoms with Crippen molar-refractivity contribution in [3.05, 3.63) is 0 Å². The summed E-state index contributed by atoms with van der Waals surface area (Å²) in [7, 11) is 0. The number of carbonyl (C=O) groups excluding carboxylic acids is 2. The molecule has 2 aliphatic heterocycles. The monoisotopic (exact) mass is 170 g/mol. The van der Waals surface area contributed by atoms with Crippen LogP contribution in [0.25, 0.3) is 0 Å². The third kappa shape index (κ3) is 1.11. The predicted octanol–water partition coefficient (Wildman–Crippen LogP) is -0.0240.